The first-order valence-electron chi connectivity index (χ1n) is 11.0. The Morgan fingerprint density at radius 3 is 2.03 bits per heavy atom. The van der Waals surface area contributed by atoms with Gasteiger partial charge in [-0.15, -0.1) is 0 Å². The molecule has 8 heteroatoms. The summed E-state index contributed by atoms with van der Waals surface area (Å²) in [5.41, 5.74) is 2.60. The van der Waals surface area contributed by atoms with Crippen LogP contribution in [0.2, 0.25) is 0 Å². The topological polar surface area (TPSA) is 95.9 Å². The van der Waals surface area contributed by atoms with Crippen molar-refractivity contribution in [1.82, 2.24) is 9.73 Å². The van der Waals surface area contributed by atoms with Gasteiger partial charge in [0.05, 0.1) is 11.1 Å². The summed E-state index contributed by atoms with van der Waals surface area (Å²) in [5, 5.41) is 5.37. The molecule has 0 atom stereocenters. The summed E-state index contributed by atoms with van der Waals surface area (Å²) >= 11 is 0. The molecule has 35 heavy (non-hydrogen) atoms. The first-order valence-corrected chi connectivity index (χ1v) is 12.5. The highest BCUT2D eigenvalue weighted by Gasteiger charge is 2.32. The number of carbonyl (C=O) groups is 2. The van der Waals surface area contributed by atoms with E-state index in [4.69, 9.17) is 0 Å². The average Bonchev–Trinajstić information content (AvgIpc) is 2.88. The Morgan fingerprint density at radius 1 is 0.771 bits per heavy atom. The zero-order chi connectivity index (χ0) is 24.4. The Kier molecular flexibility index (Phi) is 5.88. The molecule has 0 aliphatic carbocycles. The van der Waals surface area contributed by atoms with Crippen LogP contribution in [0.15, 0.2) is 101 Å². The van der Waals surface area contributed by atoms with Crippen molar-refractivity contribution in [1.29, 1.82) is 0 Å². The van der Waals surface area contributed by atoms with Gasteiger partial charge in [-0.25, -0.2) is 4.83 Å². The molecule has 0 bridgehead atoms. The Balaban J connectivity index is 1.27. The number of hydrazone groups is 1. The van der Waals surface area contributed by atoms with Gasteiger partial charge >= 0.3 is 0 Å². The maximum atomic E-state index is 13.0. The molecular formula is C27H21N3O4S. The Hall–Kier alpha value is -4.30. The third-order valence-corrected chi connectivity index (χ3v) is 7.14. The number of rotatable bonds is 7. The van der Waals surface area contributed by atoms with Crippen molar-refractivity contribution in [2.24, 2.45) is 5.10 Å². The zero-order valence-electron chi connectivity index (χ0n) is 18.6. The molecule has 0 spiro atoms. The number of benzene rings is 4. The molecule has 174 valence electrons. The van der Waals surface area contributed by atoms with Gasteiger partial charge in [-0.05, 0) is 47.2 Å². The number of carbonyl (C=O) groups excluding carboxylic acids is 2. The molecule has 4 aromatic rings. The SMILES string of the molecule is O=C1c2cccc3cccc(c23)C(=O)N1CCc1ccc(S(=O)(=O)N/N=C/c2ccccc2)cc1. The fourth-order valence-electron chi connectivity index (χ4n) is 4.12. The second-order valence-electron chi connectivity index (χ2n) is 8.13. The Bertz CT molecular complexity index is 1510. The average molecular weight is 484 g/mol. The monoisotopic (exact) mass is 483 g/mol. The minimum atomic E-state index is -3.82. The van der Waals surface area contributed by atoms with Crippen LogP contribution in [0.4, 0.5) is 0 Å². The third kappa shape index (κ3) is 4.43. The van der Waals surface area contributed by atoms with Crippen molar-refractivity contribution in [2.75, 3.05) is 6.54 Å². The van der Waals surface area contributed by atoms with Crippen LogP contribution < -0.4 is 4.83 Å². The van der Waals surface area contributed by atoms with Crippen LogP contribution in [0.5, 0.6) is 0 Å². The van der Waals surface area contributed by atoms with E-state index >= 15 is 0 Å². The Labute approximate surface area is 202 Å². The predicted octanol–water partition coefficient (Wildman–Crippen LogP) is 3.99. The van der Waals surface area contributed by atoms with E-state index in [9.17, 15) is 18.0 Å². The van der Waals surface area contributed by atoms with Gasteiger partial charge in [-0.1, -0.05) is 66.7 Å². The summed E-state index contributed by atoms with van der Waals surface area (Å²) in [6.45, 7) is 0.189. The van der Waals surface area contributed by atoms with E-state index < -0.39 is 10.0 Å². The molecule has 5 rings (SSSR count). The van der Waals surface area contributed by atoms with Crippen LogP contribution in [0.1, 0.15) is 31.8 Å². The van der Waals surface area contributed by atoms with Crippen LogP contribution in [-0.4, -0.2) is 37.9 Å². The molecule has 2 amide bonds. The second kappa shape index (κ2) is 9.15. The largest absolute Gasteiger partial charge is 0.276 e. The van der Waals surface area contributed by atoms with Crippen LogP contribution in [0, 0.1) is 0 Å². The molecule has 0 saturated carbocycles. The summed E-state index contributed by atoms with van der Waals surface area (Å²) in [6.07, 6.45) is 1.83. The molecule has 7 nitrogen and oxygen atoms in total. The first kappa shape index (κ1) is 22.5. The van der Waals surface area contributed by atoms with Gasteiger partial charge in [0.2, 0.25) is 0 Å². The lowest BCUT2D eigenvalue weighted by Crippen LogP contribution is -2.41. The van der Waals surface area contributed by atoms with Crippen molar-refractivity contribution in [2.45, 2.75) is 11.3 Å². The van der Waals surface area contributed by atoms with Gasteiger partial charge in [-0.2, -0.15) is 13.5 Å². The maximum absolute atomic E-state index is 13.0. The molecule has 1 heterocycles. The van der Waals surface area contributed by atoms with E-state index in [1.165, 1.54) is 23.2 Å². The van der Waals surface area contributed by atoms with Gasteiger partial charge < -0.3 is 0 Å². The number of amides is 2. The number of hydrogen-bond donors (Lipinski definition) is 1. The summed E-state index contributed by atoms with van der Waals surface area (Å²) < 4.78 is 25.0. The molecule has 1 aliphatic heterocycles. The molecule has 4 aromatic carbocycles. The van der Waals surface area contributed by atoms with E-state index in [1.807, 2.05) is 54.6 Å². The van der Waals surface area contributed by atoms with E-state index in [1.54, 1.807) is 24.3 Å². The first-order chi connectivity index (χ1) is 16.9. The molecular weight excluding hydrogens is 462 g/mol. The highest BCUT2D eigenvalue weighted by molar-refractivity contribution is 7.89. The quantitative estimate of drug-likeness (QED) is 0.244. The predicted molar refractivity (Wildman–Crippen MR) is 134 cm³/mol. The molecule has 1 N–H and O–H groups in total. The number of nitrogens with zero attached hydrogens (tertiary/aromatic N) is 2. The van der Waals surface area contributed by atoms with Crippen molar-refractivity contribution in [3.63, 3.8) is 0 Å². The van der Waals surface area contributed by atoms with Gasteiger partial charge in [0.25, 0.3) is 21.8 Å². The van der Waals surface area contributed by atoms with Crippen molar-refractivity contribution >= 4 is 38.8 Å². The zero-order valence-corrected chi connectivity index (χ0v) is 19.4. The van der Waals surface area contributed by atoms with E-state index in [-0.39, 0.29) is 23.3 Å². The standard InChI is InChI=1S/C27H21N3O4S/c31-26-23-10-4-8-21-9-5-11-24(25(21)23)27(32)30(26)17-16-19-12-14-22(15-13-19)35(33,34)29-28-18-20-6-2-1-3-7-20/h1-15,18,29H,16-17H2/b28-18+. The molecule has 0 radical (unpaired) electrons. The van der Waals surface area contributed by atoms with Gasteiger partial charge in [-0.3, -0.25) is 14.5 Å². The summed E-state index contributed by atoms with van der Waals surface area (Å²) in [7, 11) is -3.82. The summed E-state index contributed by atoms with van der Waals surface area (Å²) in [5.74, 6) is -0.641. The highest BCUT2D eigenvalue weighted by atomic mass is 32.2. The normalized spacial score (nSPS) is 13.5. The van der Waals surface area contributed by atoms with Crippen LogP contribution >= 0.6 is 0 Å². The van der Waals surface area contributed by atoms with Crippen LogP contribution in [0.3, 0.4) is 0 Å². The van der Waals surface area contributed by atoms with Gasteiger partial charge in [0, 0.05) is 23.1 Å². The lowest BCUT2D eigenvalue weighted by Gasteiger charge is -2.27. The summed E-state index contributed by atoms with van der Waals surface area (Å²) in [6, 6.07) is 26.3. The van der Waals surface area contributed by atoms with Gasteiger partial charge in [0.1, 0.15) is 0 Å². The van der Waals surface area contributed by atoms with Crippen molar-refractivity contribution < 1.29 is 18.0 Å². The van der Waals surface area contributed by atoms with E-state index in [2.05, 4.69) is 9.93 Å². The van der Waals surface area contributed by atoms with Gasteiger partial charge in [0.15, 0.2) is 0 Å². The van der Waals surface area contributed by atoms with Crippen LogP contribution in [-0.2, 0) is 16.4 Å². The minimum absolute atomic E-state index is 0.0668. The second-order valence-corrected chi connectivity index (χ2v) is 9.79. The smallest absolute Gasteiger partial charge is 0.274 e. The lowest BCUT2D eigenvalue weighted by atomic mass is 9.94. The molecule has 0 saturated heterocycles. The molecule has 0 unspecified atom stereocenters. The molecule has 0 aromatic heterocycles. The van der Waals surface area contributed by atoms with E-state index in [0.29, 0.717) is 22.9 Å². The summed E-state index contributed by atoms with van der Waals surface area (Å²) in [4.78, 5) is 29.6. The number of nitrogens with one attached hydrogen (secondary N) is 1. The number of imide groups is 1. The van der Waals surface area contributed by atoms with Crippen LogP contribution in [0.25, 0.3) is 10.8 Å². The van der Waals surface area contributed by atoms with Crippen molar-refractivity contribution in [3.05, 3.63) is 113 Å². The number of hydrogen-bond acceptors (Lipinski definition) is 5. The number of sulfonamides is 1. The van der Waals surface area contributed by atoms with Crippen molar-refractivity contribution in [3.8, 4) is 0 Å². The lowest BCUT2D eigenvalue weighted by molar-refractivity contribution is 0.0612. The molecule has 0 fully saturated rings. The fourth-order valence-corrected chi connectivity index (χ4v) is 4.91. The fraction of sp³-hybridized carbons (Fsp3) is 0.0741. The highest BCUT2D eigenvalue weighted by Crippen LogP contribution is 2.30. The minimum Gasteiger partial charge on any atom is -0.274 e. The maximum Gasteiger partial charge on any atom is 0.276 e. The third-order valence-electron chi connectivity index (χ3n) is 5.90. The molecule has 1 aliphatic rings. The Morgan fingerprint density at radius 2 is 1.40 bits per heavy atom. The van der Waals surface area contributed by atoms with E-state index in [0.717, 1.165) is 16.5 Å².